The summed E-state index contributed by atoms with van der Waals surface area (Å²) in [6.45, 7) is 10.6. The van der Waals surface area contributed by atoms with Gasteiger partial charge in [-0.3, -0.25) is 0 Å². The molecule has 0 N–H and O–H groups in total. The van der Waals surface area contributed by atoms with Gasteiger partial charge in [-0.2, -0.15) is 0 Å². The first-order chi connectivity index (χ1) is 6.59. The Balaban J connectivity index is -0.0000000700. The number of hydrogen-bond donors (Lipinski definition) is 0. The summed E-state index contributed by atoms with van der Waals surface area (Å²) in [4.78, 5) is 0. The minimum atomic E-state index is -0.728. The Morgan fingerprint density at radius 1 is 0.812 bits per heavy atom. The van der Waals surface area contributed by atoms with Crippen LogP contribution in [0.4, 0.5) is 0 Å². The Morgan fingerprint density at radius 2 is 1.00 bits per heavy atom. The van der Waals surface area contributed by atoms with Crippen molar-refractivity contribution in [1.29, 1.82) is 0 Å². The predicted octanol–water partition coefficient (Wildman–Crippen LogP) is 0.792. The van der Waals surface area contributed by atoms with E-state index in [1.165, 1.54) is 0 Å². The monoisotopic (exact) mass is 258 g/mol. The largest absolute Gasteiger partial charge is 2.00 e. The first kappa shape index (κ1) is 25.9. The molecule has 94 valence electrons. The van der Waals surface area contributed by atoms with Crippen molar-refractivity contribution in [2.24, 2.45) is 0 Å². The molecule has 0 saturated carbocycles. The fraction of sp³-hybridized carbons (Fsp3) is 1.00. The molecule has 0 bridgehead atoms. The maximum atomic E-state index is 9.53. The second-order valence-corrected chi connectivity index (χ2v) is 6.70. The van der Waals surface area contributed by atoms with Crippen molar-refractivity contribution >= 4 is 37.5 Å². The van der Waals surface area contributed by atoms with Crippen molar-refractivity contribution in [3.8, 4) is 0 Å². The molecule has 5 heteroatoms. The van der Waals surface area contributed by atoms with Crippen LogP contribution in [0.15, 0.2) is 0 Å². The van der Waals surface area contributed by atoms with E-state index in [0.717, 1.165) is 0 Å². The molecule has 0 unspecified atom stereocenters. The zero-order valence-electron chi connectivity index (χ0n) is 12.2. The van der Waals surface area contributed by atoms with Crippen LogP contribution in [0.3, 0.4) is 0 Å². The fourth-order valence-electron chi connectivity index (χ4n) is 0.544. The minimum Gasteiger partial charge on any atom is -0.852 e. The molecular formula is C11H27AlMgO3. The zero-order valence-corrected chi connectivity index (χ0v) is 14.8. The average Bonchev–Trinajstić information content (AvgIpc) is 1.78. The molecule has 0 fully saturated rings. The molecule has 0 aliphatic carbocycles. The average molecular weight is 259 g/mol. The molecule has 0 radical (unpaired) electrons. The van der Waals surface area contributed by atoms with Crippen LogP contribution < -0.4 is 10.2 Å². The molecule has 0 spiro atoms. The van der Waals surface area contributed by atoms with Crippen LogP contribution in [0, 0.1) is 0 Å². The Kier molecular flexibility index (Phi) is 30.0. The van der Waals surface area contributed by atoms with Crippen molar-refractivity contribution in [1.82, 2.24) is 0 Å². The fourth-order valence-corrected chi connectivity index (χ4v) is 1.63. The molecule has 0 amide bonds. The summed E-state index contributed by atoms with van der Waals surface area (Å²) in [7, 11) is 0. The molecule has 0 saturated heterocycles. The van der Waals surface area contributed by atoms with Crippen molar-refractivity contribution in [2.45, 2.75) is 71.4 Å². The minimum absolute atomic E-state index is 0. The van der Waals surface area contributed by atoms with E-state index in [1.807, 2.05) is 0 Å². The quantitative estimate of drug-likeness (QED) is 0.688. The van der Waals surface area contributed by atoms with Gasteiger partial charge in [-0.25, -0.2) is 0 Å². The van der Waals surface area contributed by atoms with E-state index in [2.05, 4.69) is 25.4 Å². The van der Waals surface area contributed by atoms with Crippen LogP contribution >= 0.6 is 0 Å². The van der Waals surface area contributed by atoms with E-state index in [4.69, 9.17) is 3.79 Å². The first-order valence-electron chi connectivity index (χ1n) is 5.56. The summed E-state index contributed by atoms with van der Waals surface area (Å²) in [6, 6.07) is 0. The van der Waals surface area contributed by atoms with Gasteiger partial charge in [0.15, 0.2) is 0 Å². The third-order valence-corrected chi connectivity index (χ3v) is 1.63. The third-order valence-electron chi connectivity index (χ3n) is 0.544. The van der Waals surface area contributed by atoms with Gasteiger partial charge in [0.2, 0.25) is 0 Å². The van der Waals surface area contributed by atoms with Gasteiger partial charge in [0.1, 0.15) is 0 Å². The molecule has 0 atom stereocenters. The van der Waals surface area contributed by atoms with Crippen molar-refractivity contribution < 1.29 is 14.0 Å². The second kappa shape index (κ2) is 18.5. The van der Waals surface area contributed by atoms with Gasteiger partial charge in [-0.1, -0.05) is 39.3 Å². The molecule has 0 aliphatic heterocycles. The van der Waals surface area contributed by atoms with Gasteiger partial charge in [0, 0.05) is 6.10 Å². The van der Waals surface area contributed by atoms with E-state index in [-0.39, 0.29) is 23.1 Å². The van der Waals surface area contributed by atoms with Crippen LogP contribution in [-0.4, -0.2) is 55.8 Å². The van der Waals surface area contributed by atoms with E-state index in [9.17, 15) is 10.2 Å². The second-order valence-electron chi connectivity index (χ2n) is 4.33. The Bertz CT molecular complexity index is 91.9. The van der Waals surface area contributed by atoms with Crippen LogP contribution in [-0.2, 0) is 3.79 Å². The van der Waals surface area contributed by atoms with Gasteiger partial charge < -0.3 is 14.0 Å². The molecule has 0 aromatic heterocycles. The summed E-state index contributed by atoms with van der Waals surface area (Å²) >= 11 is -0.728. The predicted molar refractivity (Wildman–Crippen MR) is 69.7 cm³/mol. The van der Waals surface area contributed by atoms with Crippen molar-refractivity contribution in [3.05, 3.63) is 0 Å². The molecule has 0 aromatic rings. The molecule has 3 nitrogen and oxygen atoms in total. The summed E-state index contributed by atoms with van der Waals surface area (Å²) in [5, 5.41) is 19.1. The smallest absolute Gasteiger partial charge is 0.852 e. The summed E-state index contributed by atoms with van der Waals surface area (Å²) in [5.74, 6) is 4.36. The zero-order chi connectivity index (χ0) is 13.0. The molecule has 0 heterocycles. The van der Waals surface area contributed by atoms with Gasteiger partial charge in [0.05, 0.1) is 0 Å². The topological polar surface area (TPSA) is 55.3 Å². The van der Waals surface area contributed by atoms with Crippen LogP contribution in [0.1, 0.15) is 41.5 Å². The summed E-state index contributed by atoms with van der Waals surface area (Å²) in [6.07, 6.45) is -0.397. The van der Waals surface area contributed by atoms with Gasteiger partial charge in [-0.15, -0.1) is 12.2 Å². The normalized spacial score (nSPS) is 8.81. The summed E-state index contributed by atoms with van der Waals surface area (Å²) in [5.41, 5.74) is 0. The molecule has 16 heavy (non-hydrogen) atoms. The van der Waals surface area contributed by atoms with E-state index < -0.39 is 26.7 Å². The molecule has 0 aliphatic rings. The standard InChI is InChI=1S/3C3H7O.2CH3.Al.Mg/c3*1-3(2)4;;;;/h3*3H,1-2H3;2*1H3;;/q3*-1;;;+1;+2. The van der Waals surface area contributed by atoms with Crippen LogP contribution in [0.2, 0.25) is 11.6 Å². The number of rotatable bonds is 2. The van der Waals surface area contributed by atoms with Gasteiger partial charge in [-0.05, 0) is 13.8 Å². The third kappa shape index (κ3) is 114. The van der Waals surface area contributed by atoms with Crippen LogP contribution in [0.25, 0.3) is 0 Å². The van der Waals surface area contributed by atoms with Crippen molar-refractivity contribution in [3.63, 3.8) is 0 Å². The molecule has 0 aromatic carbocycles. The molecule has 0 rings (SSSR count). The van der Waals surface area contributed by atoms with E-state index >= 15 is 0 Å². The van der Waals surface area contributed by atoms with Gasteiger partial charge >= 0.3 is 37.5 Å². The van der Waals surface area contributed by atoms with E-state index in [1.54, 1.807) is 27.7 Å². The SMILES string of the molecule is CC(C)[O-].CC(C)[O-].CC(C)[O][Al]([CH3])[CH3].[Mg+2]. The summed E-state index contributed by atoms with van der Waals surface area (Å²) < 4.78 is 5.39. The van der Waals surface area contributed by atoms with Crippen LogP contribution in [0.5, 0.6) is 0 Å². The van der Waals surface area contributed by atoms with Gasteiger partial charge in [0.25, 0.3) is 0 Å². The maximum absolute atomic E-state index is 9.53. The number of hydrogen-bond acceptors (Lipinski definition) is 3. The van der Waals surface area contributed by atoms with E-state index in [0.29, 0.717) is 6.10 Å². The Labute approximate surface area is 122 Å². The Morgan fingerprint density at radius 3 is 1.00 bits per heavy atom. The molecular weight excluding hydrogens is 231 g/mol. The maximum Gasteiger partial charge on any atom is 2.00 e. The Hall–Kier alpha value is 1.18. The van der Waals surface area contributed by atoms with Crippen molar-refractivity contribution in [2.75, 3.05) is 0 Å². The first-order valence-corrected chi connectivity index (χ1v) is 8.34.